The Balaban J connectivity index is 0.00000242. The summed E-state index contributed by atoms with van der Waals surface area (Å²) in [5.74, 6) is -0.00642. The molecule has 112 valence electrons. The van der Waals surface area contributed by atoms with Gasteiger partial charge in [0, 0.05) is 33.1 Å². The Morgan fingerprint density at radius 2 is 1.86 bits per heavy atom. The Hall–Kier alpha value is 0.0464. The van der Waals surface area contributed by atoms with Crippen LogP contribution in [0.2, 0.25) is 0 Å². The Bertz CT molecular complexity index is 576. The second-order valence-corrected chi connectivity index (χ2v) is 5.70. The monoisotopic (exact) mass is 362 g/mol. The van der Waals surface area contributed by atoms with Gasteiger partial charge in [-0.3, -0.25) is 4.79 Å². The molecule has 1 aliphatic heterocycles. The first-order valence-electron chi connectivity index (χ1n) is 6.66. The summed E-state index contributed by atoms with van der Waals surface area (Å²) in [5.41, 5.74) is 0.837. The Morgan fingerprint density at radius 3 is 2.41 bits per heavy atom. The maximum atomic E-state index is 12.1. The summed E-state index contributed by atoms with van der Waals surface area (Å²) in [7, 11) is 0. The zero-order valence-corrected chi connectivity index (χ0v) is 17.4. The molecule has 4 nitrogen and oxygen atoms in total. The Labute approximate surface area is 183 Å². The third-order valence-electron chi connectivity index (χ3n) is 3.41. The average Bonchev–Trinajstić information content (AvgIpc) is 2.48. The first-order valence-corrected chi connectivity index (χ1v) is 7.45. The zero-order valence-electron chi connectivity index (χ0n) is 12.7. The molecule has 1 saturated heterocycles. The van der Waals surface area contributed by atoms with E-state index in [2.05, 4.69) is 0 Å². The number of hydrogen-bond donors (Lipinski definition) is 0. The van der Waals surface area contributed by atoms with Gasteiger partial charge in [0.05, 0.1) is 9.90 Å². The molecule has 0 atom stereocenters. The van der Waals surface area contributed by atoms with E-state index in [1.807, 2.05) is 6.08 Å². The molecule has 0 spiro atoms. The quantitative estimate of drug-likeness (QED) is 0.335. The number of nitrogens with zero attached hydrogens (tertiary/aromatic N) is 2. The molecule has 1 aliphatic carbocycles. The van der Waals surface area contributed by atoms with Crippen molar-refractivity contribution in [3.63, 3.8) is 0 Å². The molecule has 2 rings (SSSR count). The molecule has 0 aromatic carbocycles. The number of halogens is 1. The second kappa shape index (κ2) is 9.37. The van der Waals surface area contributed by atoms with E-state index in [-0.39, 0.29) is 63.2 Å². The van der Waals surface area contributed by atoms with Crippen LogP contribution < -0.4 is 56.5 Å². The molecule has 2 aliphatic rings. The van der Waals surface area contributed by atoms with E-state index in [1.54, 1.807) is 35.0 Å². The fourth-order valence-corrected chi connectivity index (χ4v) is 2.45. The van der Waals surface area contributed by atoms with Crippen molar-refractivity contribution in [1.29, 1.82) is 0 Å². The topological polar surface area (TPSA) is 46.6 Å². The zero-order chi connectivity index (χ0) is 15.4. The number of piperazine rings is 1. The first kappa shape index (κ1) is 20.1. The van der Waals surface area contributed by atoms with Crippen LogP contribution in [0.3, 0.4) is 0 Å². The van der Waals surface area contributed by atoms with E-state index >= 15 is 0 Å². The van der Waals surface area contributed by atoms with Crippen LogP contribution in [0.4, 0.5) is 0 Å². The van der Waals surface area contributed by atoms with Crippen molar-refractivity contribution < 1.29 is 61.3 Å². The summed E-state index contributed by atoms with van der Waals surface area (Å²) in [5, 5.41) is 12.6. The minimum atomic E-state index is -0.0585. The van der Waals surface area contributed by atoms with E-state index in [9.17, 15) is 9.90 Å². The normalized spacial score (nSPS) is 20.8. The molecule has 1 amide bonds. The predicted molar refractivity (Wildman–Crippen MR) is 85.7 cm³/mol. The van der Waals surface area contributed by atoms with Gasteiger partial charge in [0.1, 0.15) is 0 Å². The fourth-order valence-electron chi connectivity index (χ4n) is 2.14. The van der Waals surface area contributed by atoms with Gasteiger partial charge < -0.3 is 14.9 Å². The van der Waals surface area contributed by atoms with Crippen LogP contribution in [0.15, 0.2) is 46.9 Å². The largest absolute Gasteiger partial charge is 1.00 e. The molecule has 0 aromatic heterocycles. The van der Waals surface area contributed by atoms with E-state index in [1.165, 1.54) is 6.08 Å². The van der Waals surface area contributed by atoms with Crippen LogP contribution in [0.5, 0.6) is 0 Å². The van der Waals surface area contributed by atoms with E-state index in [0.717, 1.165) is 5.57 Å². The van der Waals surface area contributed by atoms with Crippen molar-refractivity contribution in [3.05, 3.63) is 46.9 Å². The van der Waals surface area contributed by atoms with Gasteiger partial charge >= 0.3 is 51.4 Å². The van der Waals surface area contributed by atoms with Gasteiger partial charge in [-0.25, -0.2) is 0 Å². The van der Waals surface area contributed by atoms with Gasteiger partial charge in [0.2, 0.25) is 5.91 Å². The molecule has 1 heterocycles. The molecular formula is C15H16ClKN2O2S. The van der Waals surface area contributed by atoms with Gasteiger partial charge in [-0.1, -0.05) is 42.0 Å². The molecule has 22 heavy (non-hydrogen) atoms. The van der Waals surface area contributed by atoms with Crippen LogP contribution in [-0.4, -0.2) is 46.8 Å². The van der Waals surface area contributed by atoms with Crippen molar-refractivity contribution in [3.8, 4) is 0 Å². The minimum absolute atomic E-state index is 0. The van der Waals surface area contributed by atoms with Crippen molar-refractivity contribution in [2.24, 2.45) is 0 Å². The molecule has 0 aromatic rings. The summed E-state index contributed by atoms with van der Waals surface area (Å²) < 4.78 is 0. The van der Waals surface area contributed by atoms with Crippen molar-refractivity contribution in [1.82, 2.24) is 9.80 Å². The number of rotatable bonds is 2. The van der Waals surface area contributed by atoms with Crippen LogP contribution in [-0.2, 0) is 4.79 Å². The third kappa shape index (κ3) is 5.60. The first-order chi connectivity index (χ1) is 9.97. The van der Waals surface area contributed by atoms with Crippen molar-refractivity contribution in [2.75, 3.05) is 26.2 Å². The molecule has 0 N–H and O–H groups in total. The van der Waals surface area contributed by atoms with Gasteiger partial charge in [0.15, 0.2) is 0 Å². The standard InChI is InChI=1S/C15H17ClN2O2S.K/c1-11(19)17-6-8-18(9-7-17)15(20)5-3-12-2-4-14(21)13(16)10-12;/h2-5,10,20H,6-9H2,1H3;/q;+1/p-1/b12-3-,15-5-;. The Kier molecular flexibility index (Phi) is 8.56. The number of carbonyl (C=O) groups excluding carboxylic acids is 1. The van der Waals surface area contributed by atoms with Crippen LogP contribution in [0.25, 0.3) is 0 Å². The molecule has 0 radical (unpaired) electrons. The molecule has 0 saturated carbocycles. The van der Waals surface area contributed by atoms with Gasteiger partial charge in [-0.2, -0.15) is 0 Å². The minimum Gasteiger partial charge on any atom is -0.860 e. The summed E-state index contributed by atoms with van der Waals surface area (Å²) in [6.07, 6.45) is 8.55. The van der Waals surface area contributed by atoms with E-state index in [4.69, 9.17) is 23.8 Å². The molecule has 7 heteroatoms. The number of thiocarbonyl (C=S) groups is 1. The predicted octanol–water partition coefficient (Wildman–Crippen LogP) is -1.65. The van der Waals surface area contributed by atoms with Crippen LogP contribution in [0, 0.1) is 0 Å². The van der Waals surface area contributed by atoms with Gasteiger partial charge in [-0.05, 0) is 23.6 Å². The van der Waals surface area contributed by atoms with E-state index < -0.39 is 0 Å². The summed E-state index contributed by atoms with van der Waals surface area (Å²) >= 11 is 11.0. The number of amides is 1. The second-order valence-electron chi connectivity index (χ2n) is 4.85. The summed E-state index contributed by atoms with van der Waals surface area (Å²) in [6.45, 7) is 3.85. The van der Waals surface area contributed by atoms with E-state index in [0.29, 0.717) is 36.1 Å². The number of hydrogen-bond acceptors (Lipinski definition) is 4. The summed E-state index contributed by atoms with van der Waals surface area (Å²) in [6, 6.07) is 0. The smallest absolute Gasteiger partial charge is 0.860 e. The molecule has 1 fully saturated rings. The third-order valence-corrected chi connectivity index (χ3v) is 4.19. The average molecular weight is 363 g/mol. The van der Waals surface area contributed by atoms with Gasteiger partial charge in [0.25, 0.3) is 0 Å². The molecular weight excluding hydrogens is 347 g/mol. The maximum absolute atomic E-state index is 12.1. The van der Waals surface area contributed by atoms with Crippen LogP contribution in [0.1, 0.15) is 6.92 Å². The van der Waals surface area contributed by atoms with Crippen molar-refractivity contribution >= 4 is 34.6 Å². The SMILES string of the molecule is CC(=O)N1CCN(/C([O-])=C/C=C2/C=CC(=S)C(Cl)=C2)CC1.[K+]. The number of allylic oxidation sites excluding steroid dienone is 7. The number of carbonyl (C=O) groups is 1. The Morgan fingerprint density at radius 1 is 1.27 bits per heavy atom. The molecule has 0 unspecified atom stereocenters. The van der Waals surface area contributed by atoms with Gasteiger partial charge in [-0.15, -0.1) is 0 Å². The fraction of sp³-hybridized carbons (Fsp3) is 0.333. The van der Waals surface area contributed by atoms with Crippen molar-refractivity contribution in [2.45, 2.75) is 6.92 Å². The van der Waals surface area contributed by atoms with Crippen LogP contribution >= 0.6 is 23.8 Å². The molecule has 0 bridgehead atoms. The maximum Gasteiger partial charge on any atom is 1.00 e. The summed E-state index contributed by atoms with van der Waals surface area (Å²) in [4.78, 5) is 15.3.